The van der Waals surface area contributed by atoms with Gasteiger partial charge in [0.15, 0.2) is 0 Å². The number of rotatable bonds is 6. The summed E-state index contributed by atoms with van der Waals surface area (Å²) in [6.07, 6.45) is 2.99. The summed E-state index contributed by atoms with van der Waals surface area (Å²) in [7, 11) is 1.97. The van der Waals surface area contributed by atoms with Crippen molar-refractivity contribution in [3.63, 3.8) is 0 Å². The number of likely N-dealkylation sites (tertiary alicyclic amines) is 1. The number of aromatic nitrogens is 1. The highest BCUT2D eigenvalue weighted by Gasteiger charge is 2.35. The number of pyridine rings is 1. The second-order valence-electron chi connectivity index (χ2n) is 7.58. The van der Waals surface area contributed by atoms with Gasteiger partial charge in [0, 0.05) is 38.9 Å². The number of aryl methyl sites for hydroxylation is 1. The Morgan fingerprint density at radius 2 is 2.16 bits per heavy atom. The maximum absolute atomic E-state index is 13.5. The average molecular weight is 424 g/mol. The van der Waals surface area contributed by atoms with Crippen LogP contribution >= 0.6 is 0 Å². The van der Waals surface area contributed by atoms with Crippen molar-refractivity contribution in [2.75, 3.05) is 31.6 Å². The first-order chi connectivity index (χ1) is 14.8. The van der Waals surface area contributed by atoms with E-state index in [0.717, 1.165) is 17.9 Å². The van der Waals surface area contributed by atoms with Crippen LogP contribution in [0.5, 0.6) is 0 Å². The molecule has 1 aromatic carbocycles. The van der Waals surface area contributed by atoms with Crippen LogP contribution in [0, 0.1) is 30.0 Å². The second kappa shape index (κ2) is 11.2. The molecule has 2 aromatic rings. The number of nitrogens with one attached hydrogen (secondary N) is 1. The molecule has 164 valence electrons. The molecule has 0 saturated carbocycles. The molecule has 1 unspecified atom stereocenters. The van der Waals surface area contributed by atoms with Gasteiger partial charge in [-0.15, -0.1) is 0 Å². The predicted octanol–water partition coefficient (Wildman–Crippen LogP) is 3.80. The molecule has 0 spiro atoms. The van der Waals surface area contributed by atoms with Crippen LogP contribution in [0.2, 0.25) is 0 Å². The zero-order chi connectivity index (χ0) is 23.0. The van der Waals surface area contributed by atoms with Crippen molar-refractivity contribution in [2.45, 2.75) is 26.8 Å². The first-order valence-corrected chi connectivity index (χ1v) is 10.3. The first-order valence-electron chi connectivity index (χ1n) is 10.3. The number of anilines is 1. The van der Waals surface area contributed by atoms with E-state index in [9.17, 15) is 9.18 Å². The predicted molar refractivity (Wildman–Crippen MR) is 121 cm³/mol. The van der Waals surface area contributed by atoms with Gasteiger partial charge < -0.3 is 10.2 Å². The minimum atomic E-state index is -0.175. The van der Waals surface area contributed by atoms with Crippen molar-refractivity contribution in [3.05, 3.63) is 71.8 Å². The number of benzene rings is 1. The summed E-state index contributed by atoms with van der Waals surface area (Å²) >= 11 is 0. The Morgan fingerprint density at radius 1 is 1.45 bits per heavy atom. The van der Waals surface area contributed by atoms with Crippen LogP contribution in [0.4, 0.5) is 10.2 Å². The van der Waals surface area contributed by atoms with Crippen LogP contribution < -0.4 is 10.2 Å². The van der Waals surface area contributed by atoms with Gasteiger partial charge in [-0.25, -0.2) is 9.37 Å². The van der Waals surface area contributed by atoms with Crippen molar-refractivity contribution in [3.8, 4) is 6.07 Å². The van der Waals surface area contributed by atoms with Crippen LogP contribution in [0.3, 0.4) is 0 Å². The molecule has 2 heterocycles. The normalized spacial score (nSPS) is 14.3. The second-order valence-corrected chi connectivity index (χ2v) is 7.58. The summed E-state index contributed by atoms with van der Waals surface area (Å²) in [5.41, 5.74) is 2.21. The number of carbonyl (C=O) groups is 1. The fourth-order valence-corrected chi connectivity index (χ4v) is 3.13. The molecule has 0 bridgehead atoms. The number of hydrogen-bond donors (Lipinski definition) is 1. The summed E-state index contributed by atoms with van der Waals surface area (Å²) in [6.45, 7) is 11.6. The minimum Gasteiger partial charge on any atom is -0.360 e. The van der Waals surface area contributed by atoms with Crippen molar-refractivity contribution in [1.29, 1.82) is 5.26 Å². The highest BCUT2D eigenvalue weighted by Crippen LogP contribution is 2.29. The largest absolute Gasteiger partial charge is 0.360 e. The van der Waals surface area contributed by atoms with E-state index in [1.807, 2.05) is 37.1 Å². The molecule has 31 heavy (non-hydrogen) atoms. The van der Waals surface area contributed by atoms with Crippen LogP contribution in [0.25, 0.3) is 0 Å². The molecule has 1 aromatic heterocycles. The number of nitrogens with zero attached hydrogens (tertiary/aromatic N) is 4. The maximum Gasteiger partial charge on any atom is 0.229 e. The summed E-state index contributed by atoms with van der Waals surface area (Å²) in [6, 6.07) is 11.1. The molecule has 3 rings (SSSR count). The lowest BCUT2D eigenvalue weighted by Gasteiger charge is -2.42. The Hall–Kier alpha value is -3.24. The van der Waals surface area contributed by atoms with Gasteiger partial charge in [0.05, 0.1) is 11.5 Å². The van der Waals surface area contributed by atoms with Gasteiger partial charge in [-0.2, -0.15) is 5.26 Å². The third-order valence-electron chi connectivity index (χ3n) is 5.49. The highest BCUT2D eigenvalue weighted by molar-refractivity contribution is 5.80. The fourth-order valence-electron chi connectivity index (χ4n) is 3.13. The molecule has 1 aliphatic rings. The van der Waals surface area contributed by atoms with Gasteiger partial charge in [0.1, 0.15) is 17.7 Å². The van der Waals surface area contributed by atoms with Gasteiger partial charge in [0.2, 0.25) is 5.91 Å². The van der Waals surface area contributed by atoms with Crippen molar-refractivity contribution in [2.24, 2.45) is 5.92 Å². The highest BCUT2D eigenvalue weighted by atomic mass is 19.1. The molecule has 1 fully saturated rings. The zero-order valence-corrected chi connectivity index (χ0v) is 18.6. The van der Waals surface area contributed by atoms with Crippen LogP contribution in [0.15, 0.2) is 49.3 Å². The maximum atomic E-state index is 13.5. The molecule has 6 nitrogen and oxygen atoms in total. The number of nitriles is 1. The summed E-state index contributed by atoms with van der Waals surface area (Å²) in [4.78, 5) is 19.9. The van der Waals surface area contributed by atoms with Gasteiger partial charge >= 0.3 is 0 Å². The lowest BCUT2D eigenvalue weighted by molar-refractivity contribution is -0.130. The number of halogens is 1. The van der Waals surface area contributed by atoms with E-state index in [2.05, 4.69) is 28.7 Å². The molecule has 0 radical (unpaired) electrons. The van der Waals surface area contributed by atoms with E-state index in [0.29, 0.717) is 24.2 Å². The molecule has 1 aliphatic heterocycles. The Kier molecular flexibility index (Phi) is 8.71. The van der Waals surface area contributed by atoms with E-state index in [-0.39, 0.29) is 23.7 Å². The van der Waals surface area contributed by atoms with Crippen LogP contribution in [-0.4, -0.2) is 42.5 Å². The van der Waals surface area contributed by atoms with Crippen LogP contribution in [-0.2, 0) is 4.79 Å². The summed E-state index contributed by atoms with van der Waals surface area (Å²) in [5, 5.41) is 11.1. The topological polar surface area (TPSA) is 72.3 Å². The third-order valence-corrected chi connectivity index (χ3v) is 5.49. The first kappa shape index (κ1) is 24.0. The van der Waals surface area contributed by atoms with Gasteiger partial charge in [-0.3, -0.25) is 9.69 Å². The number of hydrogen-bond acceptors (Lipinski definition) is 5. The fraction of sp³-hybridized carbons (Fsp3) is 0.375. The molecule has 1 saturated heterocycles. The van der Waals surface area contributed by atoms with Gasteiger partial charge in [-0.1, -0.05) is 18.7 Å². The van der Waals surface area contributed by atoms with E-state index < -0.39 is 0 Å². The summed E-state index contributed by atoms with van der Waals surface area (Å²) < 4.78 is 13.5. The lowest BCUT2D eigenvalue weighted by Crippen LogP contribution is -2.53. The Bertz CT molecular complexity index is 932. The molecule has 1 N–H and O–H groups in total. The SMILES string of the molecule is C=CNC(=O)C1CN(C(C)c2ccc(C)c(F)c2)C1.CCN(C)c1ccc(C#N)cn1. The molecule has 0 aliphatic carbocycles. The molecule has 1 atom stereocenters. The standard InChI is InChI=1S/C15H19FN2O.C9H11N3/c1-4-17-15(19)13-8-18(9-13)11(3)12-6-5-10(2)14(16)7-12;1-3-12(2)9-5-4-8(6-10)7-11-9/h4-7,11,13H,1,8-9H2,2-3H3,(H,17,19);4-5,7H,3H2,1-2H3. The zero-order valence-electron chi connectivity index (χ0n) is 18.6. The molecule has 7 heteroatoms. The Labute approximate surface area is 184 Å². The van der Waals surface area contributed by atoms with Gasteiger partial charge in [-0.05, 0) is 56.3 Å². The Balaban J connectivity index is 0.000000245. The molecular weight excluding hydrogens is 393 g/mol. The summed E-state index contributed by atoms with van der Waals surface area (Å²) in [5.74, 6) is 0.742. The van der Waals surface area contributed by atoms with Crippen molar-refractivity contribution in [1.82, 2.24) is 15.2 Å². The smallest absolute Gasteiger partial charge is 0.229 e. The van der Waals surface area contributed by atoms with E-state index >= 15 is 0 Å². The monoisotopic (exact) mass is 423 g/mol. The number of carbonyl (C=O) groups excluding carboxylic acids is 1. The van der Waals surface area contributed by atoms with Gasteiger partial charge in [0.25, 0.3) is 0 Å². The quantitative estimate of drug-likeness (QED) is 0.765. The molecule has 1 amide bonds. The van der Waals surface area contributed by atoms with Crippen molar-refractivity contribution < 1.29 is 9.18 Å². The van der Waals surface area contributed by atoms with E-state index in [1.165, 1.54) is 6.20 Å². The minimum absolute atomic E-state index is 0.00790. The van der Waals surface area contributed by atoms with E-state index in [1.54, 1.807) is 31.3 Å². The molecular formula is C24H30FN5O. The number of amides is 1. The average Bonchev–Trinajstić information content (AvgIpc) is 2.74. The van der Waals surface area contributed by atoms with Crippen LogP contribution in [0.1, 0.15) is 36.6 Å². The lowest BCUT2D eigenvalue weighted by atomic mass is 9.94. The Morgan fingerprint density at radius 3 is 2.68 bits per heavy atom. The third kappa shape index (κ3) is 6.37. The van der Waals surface area contributed by atoms with E-state index in [4.69, 9.17) is 5.26 Å². The van der Waals surface area contributed by atoms with Crippen molar-refractivity contribution >= 4 is 11.7 Å².